The van der Waals surface area contributed by atoms with E-state index in [1.54, 1.807) is 10.7 Å². The molecule has 2 aromatic carbocycles. The highest BCUT2D eigenvalue weighted by Crippen LogP contribution is 2.19. The molecular weight excluding hydrogens is 354 g/mol. The van der Waals surface area contributed by atoms with Crippen LogP contribution >= 0.6 is 0 Å². The smallest absolute Gasteiger partial charge is 0.307 e. The number of aromatic nitrogens is 2. The molecule has 1 unspecified atom stereocenters. The molecule has 0 radical (unpaired) electrons. The first-order chi connectivity index (χ1) is 13.5. The zero-order chi connectivity index (χ0) is 20.1. The summed E-state index contributed by atoms with van der Waals surface area (Å²) < 4.78 is 6.50. The van der Waals surface area contributed by atoms with E-state index in [-0.39, 0.29) is 12.3 Å². The lowest BCUT2D eigenvalue weighted by Gasteiger charge is -2.18. The first kappa shape index (κ1) is 19.4. The van der Waals surface area contributed by atoms with Gasteiger partial charge in [-0.05, 0) is 37.6 Å². The molecule has 0 spiro atoms. The molecule has 6 heteroatoms. The van der Waals surface area contributed by atoms with Gasteiger partial charge in [-0.2, -0.15) is 5.10 Å². The number of carbonyl (C=O) groups is 2. The van der Waals surface area contributed by atoms with Crippen LogP contribution in [0, 0.1) is 13.8 Å². The number of nitrogens with one attached hydrogen (secondary N) is 1. The van der Waals surface area contributed by atoms with Gasteiger partial charge in [-0.25, -0.2) is 4.68 Å². The lowest BCUT2D eigenvalue weighted by Crippen LogP contribution is -2.31. The van der Waals surface area contributed by atoms with Crippen molar-refractivity contribution in [2.45, 2.75) is 26.3 Å². The van der Waals surface area contributed by atoms with E-state index < -0.39 is 12.0 Å². The molecule has 1 heterocycles. The van der Waals surface area contributed by atoms with Crippen molar-refractivity contribution in [2.24, 2.45) is 0 Å². The third-order valence-corrected chi connectivity index (χ3v) is 4.50. The summed E-state index contributed by atoms with van der Waals surface area (Å²) in [5.41, 5.74) is 3.95. The molecule has 1 aromatic heterocycles. The average molecular weight is 377 g/mol. The Balaban J connectivity index is 1.83. The fraction of sp³-hybridized carbons (Fsp3) is 0.227. The average Bonchev–Trinajstić information content (AvgIpc) is 3.10. The van der Waals surface area contributed by atoms with Crippen molar-refractivity contribution in [3.05, 3.63) is 83.2 Å². The molecular formula is C22H23N3O3. The lowest BCUT2D eigenvalue weighted by atomic mass is 10.0. The number of aryl methyl sites for hydroxylation is 2. The minimum absolute atomic E-state index is 0.0453. The molecule has 144 valence electrons. The lowest BCUT2D eigenvalue weighted by molar-refractivity contribution is -0.141. The number of amides is 1. The molecule has 1 amide bonds. The van der Waals surface area contributed by atoms with Crippen LogP contribution in [0.15, 0.2) is 60.7 Å². The van der Waals surface area contributed by atoms with Crippen LogP contribution < -0.4 is 5.32 Å². The second-order valence-corrected chi connectivity index (χ2v) is 6.64. The predicted octanol–water partition coefficient (Wildman–Crippen LogP) is 3.52. The van der Waals surface area contributed by atoms with Crippen molar-refractivity contribution in [2.75, 3.05) is 7.11 Å². The topological polar surface area (TPSA) is 73.2 Å². The number of methoxy groups -OCH3 is 1. The van der Waals surface area contributed by atoms with E-state index in [1.165, 1.54) is 7.11 Å². The van der Waals surface area contributed by atoms with Crippen LogP contribution in [0.1, 0.15) is 39.8 Å². The van der Waals surface area contributed by atoms with Crippen LogP contribution in [0.4, 0.5) is 0 Å². The van der Waals surface area contributed by atoms with Crippen LogP contribution in [0.5, 0.6) is 0 Å². The van der Waals surface area contributed by atoms with Gasteiger partial charge >= 0.3 is 5.97 Å². The van der Waals surface area contributed by atoms with Crippen molar-refractivity contribution >= 4 is 11.9 Å². The van der Waals surface area contributed by atoms with E-state index in [2.05, 4.69) is 10.4 Å². The van der Waals surface area contributed by atoms with E-state index in [0.717, 1.165) is 22.5 Å². The summed E-state index contributed by atoms with van der Waals surface area (Å²) in [6.07, 6.45) is 0.0453. The van der Waals surface area contributed by atoms with Crippen LogP contribution in [-0.4, -0.2) is 28.8 Å². The van der Waals surface area contributed by atoms with Gasteiger partial charge in [0.1, 0.15) is 0 Å². The number of nitrogens with zero attached hydrogens (tertiary/aromatic N) is 2. The number of hydrogen-bond acceptors (Lipinski definition) is 4. The summed E-state index contributed by atoms with van der Waals surface area (Å²) in [5, 5.41) is 7.34. The first-order valence-electron chi connectivity index (χ1n) is 9.04. The quantitative estimate of drug-likeness (QED) is 0.667. The monoisotopic (exact) mass is 377 g/mol. The largest absolute Gasteiger partial charge is 0.469 e. The predicted molar refractivity (Wildman–Crippen MR) is 106 cm³/mol. The molecule has 0 saturated carbocycles. The Morgan fingerprint density at radius 3 is 2.39 bits per heavy atom. The standard InChI is InChI=1S/C22H23N3O3/c1-15-9-11-17(12-10-15)19(14-21(26)28-3)23-22(27)20-13-16(2)25(24-20)18-7-5-4-6-8-18/h4-13,19H,14H2,1-3H3,(H,23,27). The molecule has 1 N–H and O–H groups in total. The van der Waals surface area contributed by atoms with Crippen molar-refractivity contribution < 1.29 is 14.3 Å². The summed E-state index contributed by atoms with van der Waals surface area (Å²) in [6.45, 7) is 3.87. The molecule has 3 aromatic rings. The number of hydrogen-bond donors (Lipinski definition) is 1. The number of esters is 1. The number of carbonyl (C=O) groups excluding carboxylic acids is 2. The Hall–Kier alpha value is -3.41. The Morgan fingerprint density at radius 1 is 1.07 bits per heavy atom. The van der Waals surface area contributed by atoms with Gasteiger partial charge in [0.05, 0.1) is 25.3 Å². The highest BCUT2D eigenvalue weighted by atomic mass is 16.5. The fourth-order valence-corrected chi connectivity index (χ4v) is 2.95. The Kier molecular flexibility index (Phi) is 5.89. The molecule has 0 saturated heterocycles. The molecule has 0 aliphatic heterocycles. The Bertz CT molecular complexity index is 962. The molecule has 0 aliphatic rings. The minimum Gasteiger partial charge on any atom is -0.469 e. The van der Waals surface area contributed by atoms with Crippen molar-refractivity contribution in [1.29, 1.82) is 0 Å². The van der Waals surface area contributed by atoms with Gasteiger partial charge in [-0.3, -0.25) is 9.59 Å². The summed E-state index contributed by atoms with van der Waals surface area (Å²) >= 11 is 0. The number of para-hydroxylation sites is 1. The summed E-state index contributed by atoms with van der Waals surface area (Å²) in [7, 11) is 1.33. The van der Waals surface area contributed by atoms with E-state index in [4.69, 9.17) is 4.74 Å². The Morgan fingerprint density at radius 2 is 1.75 bits per heavy atom. The Labute approximate surface area is 164 Å². The molecule has 3 rings (SSSR count). The molecule has 0 aliphatic carbocycles. The van der Waals surface area contributed by atoms with Crippen LogP contribution in [0.2, 0.25) is 0 Å². The van der Waals surface area contributed by atoms with Gasteiger partial charge in [0.15, 0.2) is 5.69 Å². The van der Waals surface area contributed by atoms with E-state index in [0.29, 0.717) is 5.69 Å². The highest BCUT2D eigenvalue weighted by molar-refractivity contribution is 5.93. The van der Waals surface area contributed by atoms with Gasteiger partial charge in [-0.15, -0.1) is 0 Å². The van der Waals surface area contributed by atoms with E-state index in [1.807, 2.05) is 68.4 Å². The maximum atomic E-state index is 12.8. The second kappa shape index (κ2) is 8.52. The summed E-state index contributed by atoms with van der Waals surface area (Å²) in [5.74, 6) is -0.732. The zero-order valence-electron chi connectivity index (χ0n) is 16.2. The second-order valence-electron chi connectivity index (χ2n) is 6.64. The van der Waals surface area contributed by atoms with Crippen molar-refractivity contribution in [3.63, 3.8) is 0 Å². The summed E-state index contributed by atoms with van der Waals surface area (Å²) in [6, 6.07) is 18.5. The van der Waals surface area contributed by atoms with Crippen LogP contribution in [-0.2, 0) is 9.53 Å². The van der Waals surface area contributed by atoms with E-state index >= 15 is 0 Å². The molecule has 6 nitrogen and oxygen atoms in total. The first-order valence-corrected chi connectivity index (χ1v) is 9.04. The number of ether oxygens (including phenoxy) is 1. The van der Waals surface area contributed by atoms with Crippen LogP contribution in [0.3, 0.4) is 0 Å². The van der Waals surface area contributed by atoms with Gasteiger partial charge in [0, 0.05) is 5.69 Å². The van der Waals surface area contributed by atoms with Gasteiger partial charge < -0.3 is 10.1 Å². The number of benzene rings is 2. The van der Waals surface area contributed by atoms with Crippen LogP contribution in [0.25, 0.3) is 5.69 Å². The maximum absolute atomic E-state index is 12.8. The van der Waals surface area contributed by atoms with Gasteiger partial charge in [0.2, 0.25) is 0 Å². The molecule has 0 bridgehead atoms. The third-order valence-electron chi connectivity index (χ3n) is 4.50. The zero-order valence-corrected chi connectivity index (χ0v) is 16.2. The minimum atomic E-state index is -0.497. The summed E-state index contributed by atoms with van der Waals surface area (Å²) in [4.78, 5) is 24.7. The fourth-order valence-electron chi connectivity index (χ4n) is 2.95. The molecule has 0 fully saturated rings. The normalized spacial score (nSPS) is 11.7. The SMILES string of the molecule is COC(=O)CC(NC(=O)c1cc(C)n(-c2ccccc2)n1)c1ccc(C)cc1. The molecule has 1 atom stereocenters. The van der Waals surface area contributed by atoms with Crippen molar-refractivity contribution in [3.8, 4) is 5.69 Å². The van der Waals surface area contributed by atoms with Crippen molar-refractivity contribution in [1.82, 2.24) is 15.1 Å². The van der Waals surface area contributed by atoms with Gasteiger partial charge in [-0.1, -0.05) is 48.0 Å². The van der Waals surface area contributed by atoms with E-state index in [9.17, 15) is 9.59 Å². The molecule has 28 heavy (non-hydrogen) atoms. The van der Waals surface area contributed by atoms with Gasteiger partial charge in [0.25, 0.3) is 5.91 Å². The highest BCUT2D eigenvalue weighted by Gasteiger charge is 2.21. The maximum Gasteiger partial charge on any atom is 0.307 e. The number of rotatable bonds is 6. The third kappa shape index (κ3) is 4.46.